The van der Waals surface area contributed by atoms with E-state index >= 15 is 0 Å². The quantitative estimate of drug-likeness (QED) is 0.228. The van der Waals surface area contributed by atoms with Crippen molar-refractivity contribution in [3.8, 4) is 17.1 Å². The second-order valence-corrected chi connectivity index (χ2v) is 12.8. The Kier molecular flexibility index (Phi) is 7.18. The van der Waals surface area contributed by atoms with Gasteiger partial charge in [0.05, 0.1) is 29.7 Å². The second-order valence-electron chi connectivity index (χ2n) is 12.0. The number of hydrogen-bond acceptors (Lipinski definition) is 5. The normalized spacial score (nSPS) is 17.0. The molecule has 9 nitrogen and oxygen atoms in total. The molecule has 7 rings (SSSR count). The van der Waals surface area contributed by atoms with Crippen LogP contribution in [0.4, 0.5) is 13.2 Å². The molecule has 1 saturated carbocycles. The van der Waals surface area contributed by atoms with E-state index in [4.69, 9.17) is 5.10 Å². The molecule has 232 valence electrons. The zero-order valence-electron chi connectivity index (χ0n) is 24.6. The van der Waals surface area contributed by atoms with E-state index in [0.29, 0.717) is 34.3 Å². The van der Waals surface area contributed by atoms with Crippen molar-refractivity contribution in [3.05, 3.63) is 97.8 Å². The number of carbonyl (C=O) groups is 1. The van der Waals surface area contributed by atoms with Gasteiger partial charge in [0.15, 0.2) is 5.82 Å². The Morgan fingerprint density at radius 3 is 2.51 bits per heavy atom. The van der Waals surface area contributed by atoms with Gasteiger partial charge in [-0.05, 0) is 68.1 Å². The smallest absolute Gasteiger partial charge is 0.330 e. The van der Waals surface area contributed by atoms with Crippen molar-refractivity contribution >= 4 is 27.5 Å². The first-order valence-corrected chi connectivity index (χ1v) is 15.6. The van der Waals surface area contributed by atoms with Crippen molar-refractivity contribution in [1.82, 2.24) is 33.8 Å². The van der Waals surface area contributed by atoms with Gasteiger partial charge in [-0.2, -0.15) is 18.3 Å². The molecule has 0 radical (unpaired) electrons. The average molecular weight is 681 g/mol. The molecule has 0 spiro atoms. The minimum Gasteiger partial charge on any atom is -0.330 e. The molecular weight excluding hydrogens is 651 g/mol. The Balaban J connectivity index is 1.33. The largest absolute Gasteiger partial charge is 0.417 e. The van der Waals surface area contributed by atoms with Gasteiger partial charge in [-0.15, -0.1) is 10.2 Å². The lowest BCUT2D eigenvalue weighted by molar-refractivity contribution is -0.138. The second kappa shape index (κ2) is 11.0. The molecule has 2 aromatic carbocycles. The topological polar surface area (TPSA) is 90.3 Å². The lowest BCUT2D eigenvalue weighted by atomic mass is 9.81. The van der Waals surface area contributed by atoms with Crippen molar-refractivity contribution < 1.29 is 18.0 Å². The van der Waals surface area contributed by atoms with Crippen LogP contribution in [-0.2, 0) is 32.6 Å². The van der Waals surface area contributed by atoms with Gasteiger partial charge >= 0.3 is 6.18 Å². The van der Waals surface area contributed by atoms with Crippen molar-refractivity contribution in [1.29, 1.82) is 0 Å². The third-order valence-electron chi connectivity index (χ3n) is 9.05. The Morgan fingerprint density at radius 2 is 1.87 bits per heavy atom. The zero-order chi connectivity index (χ0) is 31.6. The molecule has 5 aromatic rings. The molecule has 0 bridgehead atoms. The molecule has 2 aliphatic rings. The molecule has 1 atom stereocenters. The Morgan fingerprint density at radius 1 is 1.11 bits per heavy atom. The van der Waals surface area contributed by atoms with Gasteiger partial charge in [0, 0.05) is 39.8 Å². The van der Waals surface area contributed by atoms with Crippen LogP contribution in [0.25, 0.3) is 22.7 Å². The Hall–Kier alpha value is -4.26. The summed E-state index contributed by atoms with van der Waals surface area (Å²) in [6.07, 6.45) is 3.22. The fourth-order valence-corrected chi connectivity index (χ4v) is 6.86. The molecule has 3 aromatic heterocycles. The van der Waals surface area contributed by atoms with E-state index in [2.05, 4.69) is 26.1 Å². The SMILES string of the molecule is C[C@H]1Cc2c(n3ncc(CC4CCC4)c3n(-c3ccc(-c4nncn4C)cc3)c2=O)CN1C(=O)c1ccc(Br)c(C(F)(F)F)c1. The van der Waals surface area contributed by atoms with Crippen LogP contribution < -0.4 is 5.56 Å². The van der Waals surface area contributed by atoms with Crippen molar-refractivity contribution in [2.45, 2.75) is 57.8 Å². The number of rotatable bonds is 5. The molecule has 1 aliphatic carbocycles. The molecule has 4 heterocycles. The van der Waals surface area contributed by atoms with Gasteiger partial charge in [-0.1, -0.05) is 35.2 Å². The standard InChI is InChI=1S/C32H29BrF3N7O2/c1-18-12-24-27(16-41(18)30(44)21-8-11-26(33)25(14-21)32(34,35)36)43-29(22(15-38-43)13-19-4-3-5-19)42(31(24)45)23-9-6-20(7-10-23)28-39-37-17-40(28)2/h6-11,14-15,17-19H,3-5,12-13,16H2,1-2H3/t18-/m0/s1. The summed E-state index contributed by atoms with van der Waals surface area (Å²) in [5, 5.41) is 12.9. The molecule has 1 fully saturated rings. The highest BCUT2D eigenvalue weighted by atomic mass is 79.9. The highest BCUT2D eigenvalue weighted by Crippen LogP contribution is 2.37. The van der Waals surface area contributed by atoms with Crippen LogP contribution >= 0.6 is 15.9 Å². The minimum absolute atomic E-state index is 0.0367. The molecule has 0 saturated heterocycles. The van der Waals surface area contributed by atoms with Gasteiger partial charge < -0.3 is 9.47 Å². The van der Waals surface area contributed by atoms with Crippen molar-refractivity contribution in [3.63, 3.8) is 0 Å². The summed E-state index contributed by atoms with van der Waals surface area (Å²) in [6, 6.07) is 10.6. The van der Waals surface area contributed by atoms with Crippen LogP contribution in [0.2, 0.25) is 0 Å². The summed E-state index contributed by atoms with van der Waals surface area (Å²) in [6.45, 7) is 1.84. The number of alkyl halides is 3. The van der Waals surface area contributed by atoms with Crippen molar-refractivity contribution in [2.75, 3.05) is 0 Å². The Labute approximate surface area is 264 Å². The number of amides is 1. The number of aryl methyl sites for hydroxylation is 1. The molecule has 0 N–H and O–H groups in total. The number of carbonyl (C=O) groups excluding carboxylic acids is 1. The maximum Gasteiger partial charge on any atom is 0.417 e. The first-order valence-electron chi connectivity index (χ1n) is 14.8. The summed E-state index contributed by atoms with van der Waals surface area (Å²) in [5.74, 6) is 0.671. The molecule has 0 unspecified atom stereocenters. The van der Waals surface area contributed by atoms with Crippen LogP contribution in [0.15, 0.2) is 64.3 Å². The highest BCUT2D eigenvalue weighted by Gasteiger charge is 2.36. The zero-order valence-corrected chi connectivity index (χ0v) is 26.1. The van der Waals surface area contributed by atoms with E-state index in [9.17, 15) is 22.8 Å². The number of fused-ring (bicyclic) bond motifs is 3. The third-order valence-corrected chi connectivity index (χ3v) is 9.75. The van der Waals surface area contributed by atoms with Gasteiger partial charge in [0.1, 0.15) is 12.0 Å². The molecule has 45 heavy (non-hydrogen) atoms. The fourth-order valence-electron chi connectivity index (χ4n) is 6.39. The lowest BCUT2D eigenvalue weighted by Crippen LogP contribution is -2.46. The van der Waals surface area contributed by atoms with Gasteiger partial charge in [0.25, 0.3) is 11.5 Å². The predicted molar refractivity (Wildman–Crippen MR) is 164 cm³/mol. The fraction of sp³-hybridized carbons (Fsp3) is 0.344. The molecule has 13 heteroatoms. The van der Waals surface area contributed by atoms with Crippen LogP contribution in [0.5, 0.6) is 0 Å². The number of nitrogens with zero attached hydrogens (tertiary/aromatic N) is 7. The van der Waals surface area contributed by atoms with Gasteiger partial charge in [-0.3, -0.25) is 14.2 Å². The van der Waals surface area contributed by atoms with E-state index in [-0.39, 0.29) is 28.6 Å². The number of hydrogen-bond donors (Lipinski definition) is 0. The first-order chi connectivity index (χ1) is 21.5. The van der Waals surface area contributed by atoms with E-state index in [0.717, 1.165) is 36.5 Å². The summed E-state index contributed by atoms with van der Waals surface area (Å²) in [7, 11) is 1.86. The maximum absolute atomic E-state index is 14.4. The summed E-state index contributed by atoms with van der Waals surface area (Å²) in [5.41, 5.74) is 3.03. The Bertz CT molecular complexity index is 2010. The minimum atomic E-state index is -4.62. The van der Waals surface area contributed by atoms with Gasteiger partial charge in [0.2, 0.25) is 0 Å². The summed E-state index contributed by atoms with van der Waals surface area (Å²) in [4.78, 5) is 29.6. The lowest BCUT2D eigenvalue weighted by Gasteiger charge is -2.35. The predicted octanol–water partition coefficient (Wildman–Crippen LogP) is 5.99. The number of benzene rings is 2. The number of halogens is 4. The summed E-state index contributed by atoms with van der Waals surface area (Å²) >= 11 is 2.95. The van der Waals surface area contributed by atoms with Crippen LogP contribution in [0.1, 0.15) is 58.9 Å². The monoisotopic (exact) mass is 679 g/mol. The first kappa shape index (κ1) is 29.5. The van der Waals surface area contributed by atoms with Gasteiger partial charge in [-0.25, -0.2) is 4.52 Å². The van der Waals surface area contributed by atoms with E-state index in [1.807, 2.05) is 35.9 Å². The highest BCUT2D eigenvalue weighted by molar-refractivity contribution is 9.10. The number of aromatic nitrogens is 6. The van der Waals surface area contributed by atoms with E-state index in [1.165, 1.54) is 23.5 Å². The van der Waals surface area contributed by atoms with E-state index in [1.54, 1.807) is 28.5 Å². The van der Waals surface area contributed by atoms with Crippen molar-refractivity contribution in [2.24, 2.45) is 13.0 Å². The molecule has 1 amide bonds. The molecule has 1 aliphatic heterocycles. The summed E-state index contributed by atoms with van der Waals surface area (Å²) < 4.78 is 46.0. The average Bonchev–Trinajstić information content (AvgIpc) is 3.61. The third kappa shape index (κ3) is 5.06. The van der Waals surface area contributed by atoms with E-state index < -0.39 is 23.7 Å². The van der Waals surface area contributed by atoms with Crippen LogP contribution in [0.3, 0.4) is 0 Å². The molecular formula is C32H29BrF3N7O2. The van der Waals surface area contributed by atoms with Crippen LogP contribution in [-0.4, -0.2) is 45.8 Å². The van der Waals surface area contributed by atoms with Crippen LogP contribution in [0, 0.1) is 5.92 Å². The maximum atomic E-state index is 14.4.